The third-order valence-electron chi connectivity index (χ3n) is 2.60. The van der Waals surface area contributed by atoms with Gasteiger partial charge in [-0.2, -0.15) is 0 Å². The summed E-state index contributed by atoms with van der Waals surface area (Å²) in [6.45, 7) is 3.87. The number of anilines is 2. The number of hydrogen-bond donors (Lipinski definition) is 2. The molecule has 0 unspecified atom stereocenters. The fourth-order valence-corrected chi connectivity index (χ4v) is 1.53. The molecule has 0 bridgehead atoms. The van der Waals surface area contributed by atoms with Gasteiger partial charge in [0.2, 0.25) is 5.91 Å². The van der Waals surface area contributed by atoms with Gasteiger partial charge in [-0.3, -0.25) is 4.79 Å². The van der Waals surface area contributed by atoms with Crippen molar-refractivity contribution >= 4 is 17.3 Å². The second kappa shape index (κ2) is 5.49. The van der Waals surface area contributed by atoms with Crippen molar-refractivity contribution in [2.75, 3.05) is 11.1 Å². The van der Waals surface area contributed by atoms with Gasteiger partial charge >= 0.3 is 0 Å². The highest BCUT2D eigenvalue weighted by molar-refractivity contribution is 5.93. The summed E-state index contributed by atoms with van der Waals surface area (Å²) in [6.07, 6.45) is 1.48. The van der Waals surface area contributed by atoms with Gasteiger partial charge in [0.25, 0.3) is 0 Å². The first-order chi connectivity index (χ1) is 7.58. The van der Waals surface area contributed by atoms with E-state index in [1.54, 1.807) is 0 Å². The Bertz CT molecular complexity index is 375. The minimum Gasteiger partial charge on any atom is -0.399 e. The lowest BCUT2D eigenvalue weighted by Gasteiger charge is -2.13. The Morgan fingerprint density at radius 2 is 2.06 bits per heavy atom. The molecule has 88 valence electrons. The first-order valence-electron chi connectivity index (χ1n) is 5.44. The minimum atomic E-state index is -0.464. The molecule has 0 aliphatic carbocycles. The molecular weight excluding hydrogens is 207 g/mol. The molecule has 1 aromatic rings. The molecule has 0 aliphatic rings. The molecule has 1 rings (SSSR count). The predicted octanol–water partition coefficient (Wildman–Crippen LogP) is 2.78. The standard InChI is InChI=1S/C12H17FN2O/c1-3-8(4-2)12(16)15-11-7-9(14)5-6-10(11)13/h5-8H,3-4,14H2,1-2H3,(H,15,16). The summed E-state index contributed by atoms with van der Waals surface area (Å²) in [4.78, 5) is 11.7. The van der Waals surface area contributed by atoms with Crippen molar-refractivity contribution in [3.63, 3.8) is 0 Å². The van der Waals surface area contributed by atoms with Gasteiger partial charge in [-0.05, 0) is 31.0 Å². The average Bonchev–Trinajstić information content (AvgIpc) is 2.25. The Labute approximate surface area is 94.8 Å². The van der Waals surface area contributed by atoms with Gasteiger partial charge in [0.15, 0.2) is 0 Å². The van der Waals surface area contributed by atoms with Gasteiger partial charge in [0.1, 0.15) is 5.82 Å². The van der Waals surface area contributed by atoms with Crippen LogP contribution in [0.2, 0.25) is 0 Å². The molecule has 0 atom stereocenters. The Morgan fingerprint density at radius 3 is 2.62 bits per heavy atom. The van der Waals surface area contributed by atoms with E-state index in [-0.39, 0.29) is 17.5 Å². The molecule has 0 radical (unpaired) electrons. The third kappa shape index (κ3) is 2.95. The van der Waals surface area contributed by atoms with Crippen LogP contribution < -0.4 is 11.1 Å². The van der Waals surface area contributed by atoms with Gasteiger partial charge in [-0.15, -0.1) is 0 Å². The molecule has 0 spiro atoms. The second-order valence-electron chi connectivity index (χ2n) is 3.74. The normalized spacial score (nSPS) is 10.5. The van der Waals surface area contributed by atoms with Crippen molar-refractivity contribution in [1.29, 1.82) is 0 Å². The highest BCUT2D eigenvalue weighted by Gasteiger charge is 2.15. The molecule has 16 heavy (non-hydrogen) atoms. The van der Waals surface area contributed by atoms with Crippen LogP contribution >= 0.6 is 0 Å². The van der Waals surface area contributed by atoms with Gasteiger partial charge < -0.3 is 11.1 Å². The van der Waals surface area contributed by atoms with Crippen molar-refractivity contribution in [3.05, 3.63) is 24.0 Å². The molecule has 1 amide bonds. The number of carbonyl (C=O) groups excluding carboxylic acids is 1. The van der Waals surface area contributed by atoms with E-state index in [1.807, 2.05) is 13.8 Å². The quantitative estimate of drug-likeness (QED) is 0.773. The molecule has 0 heterocycles. The minimum absolute atomic E-state index is 0.0826. The zero-order valence-electron chi connectivity index (χ0n) is 9.59. The number of halogens is 1. The number of rotatable bonds is 4. The highest BCUT2D eigenvalue weighted by atomic mass is 19.1. The van der Waals surface area contributed by atoms with Crippen LogP contribution in [-0.2, 0) is 4.79 Å². The SMILES string of the molecule is CCC(CC)C(=O)Nc1cc(N)ccc1F. The first kappa shape index (κ1) is 12.5. The maximum absolute atomic E-state index is 13.3. The van der Waals surface area contributed by atoms with Crippen LogP contribution in [0, 0.1) is 11.7 Å². The third-order valence-corrected chi connectivity index (χ3v) is 2.60. The van der Waals surface area contributed by atoms with E-state index in [0.29, 0.717) is 5.69 Å². The number of benzene rings is 1. The Kier molecular flexibility index (Phi) is 4.28. The Hall–Kier alpha value is -1.58. The summed E-state index contributed by atoms with van der Waals surface area (Å²) in [5.74, 6) is -0.705. The summed E-state index contributed by atoms with van der Waals surface area (Å²) in [5.41, 5.74) is 6.11. The monoisotopic (exact) mass is 224 g/mol. The number of nitrogens with one attached hydrogen (secondary N) is 1. The number of hydrogen-bond acceptors (Lipinski definition) is 2. The lowest BCUT2D eigenvalue weighted by molar-refractivity contribution is -0.120. The lowest BCUT2D eigenvalue weighted by atomic mass is 10.0. The maximum atomic E-state index is 13.3. The fourth-order valence-electron chi connectivity index (χ4n) is 1.53. The number of nitrogens with two attached hydrogens (primary N) is 1. The van der Waals surface area contributed by atoms with E-state index in [2.05, 4.69) is 5.32 Å². The summed E-state index contributed by atoms with van der Waals surface area (Å²) in [6, 6.07) is 4.13. The Balaban J connectivity index is 2.80. The predicted molar refractivity (Wildman–Crippen MR) is 63.5 cm³/mol. The number of amides is 1. The molecule has 0 saturated heterocycles. The average molecular weight is 224 g/mol. The van der Waals surface area contributed by atoms with Crippen molar-refractivity contribution in [3.8, 4) is 0 Å². The topological polar surface area (TPSA) is 55.1 Å². The van der Waals surface area contributed by atoms with Crippen molar-refractivity contribution in [2.45, 2.75) is 26.7 Å². The summed E-state index contributed by atoms with van der Waals surface area (Å²) in [5, 5.41) is 2.56. The van der Waals surface area contributed by atoms with Crippen LogP contribution in [0.5, 0.6) is 0 Å². The van der Waals surface area contributed by atoms with Gasteiger partial charge in [-0.1, -0.05) is 13.8 Å². The molecule has 1 aromatic carbocycles. The van der Waals surface area contributed by atoms with Crippen molar-refractivity contribution in [2.24, 2.45) is 5.92 Å². The van der Waals surface area contributed by atoms with Crippen molar-refractivity contribution in [1.82, 2.24) is 0 Å². The Morgan fingerprint density at radius 1 is 1.44 bits per heavy atom. The van der Waals surface area contributed by atoms with Gasteiger partial charge in [-0.25, -0.2) is 4.39 Å². The molecule has 0 fully saturated rings. The molecule has 4 heteroatoms. The lowest BCUT2D eigenvalue weighted by Crippen LogP contribution is -2.22. The van der Waals surface area contributed by atoms with E-state index in [9.17, 15) is 9.18 Å². The van der Waals surface area contributed by atoms with Crippen LogP contribution in [0.1, 0.15) is 26.7 Å². The maximum Gasteiger partial charge on any atom is 0.227 e. The van der Waals surface area contributed by atoms with E-state index in [4.69, 9.17) is 5.73 Å². The number of carbonyl (C=O) groups is 1. The largest absolute Gasteiger partial charge is 0.399 e. The van der Waals surface area contributed by atoms with Crippen LogP contribution in [0.15, 0.2) is 18.2 Å². The summed E-state index contributed by atoms with van der Waals surface area (Å²) in [7, 11) is 0. The number of nitrogen functional groups attached to an aromatic ring is 1. The van der Waals surface area contributed by atoms with Crippen LogP contribution in [0.25, 0.3) is 0 Å². The fraction of sp³-hybridized carbons (Fsp3) is 0.417. The highest BCUT2D eigenvalue weighted by Crippen LogP contribution is 2.19. The zero-order valence-corrected chi connectivity index (χ0v) is 9.59. The molecule has 0 aromatic heterocycles. The van der Waals surface area contributed by atoms with E-state index in [1.165, 1.54) is 18.2 Å². The molecule has 3 nitrogen and oxygen atoms in total. The van der Waals surface area contributed by atoms with Crippen LogP contribution in [-0.4, -0.2) is 5.91 Å². The molecule has 3 N–H and O–H groups in total. The van der Waals surface area contributed by atoms with Gasteiger partial charge in [0, 0.05) is 11.6 Å². The molecule has 0 saturated carbocycles. The van der Waals surface area contributed by atoms with E-state index < -0.39 is 5.82 Å². The first-order valence-corrected chi connectivity index (χ1v) is 5.44. The van der Waals surface area contributed by atoms with E-state index >= 15 is 0 Å². The summed E-state index contributed by atoms with van der Waals surface area (Å²) >= 11 is 0. The second-order valence-corrected chi connectivity index (χ2v) is 3.74. The van der Waals surface area contributed by atoms with E-state index in [0.717, 1.165) is 12.8 Å². The van der Waals surface area contributed by atoms with Crippen molar-refractivity contribution < 1.29 is 9.18 Å². The molecule has 0 aliphatic heterocycles. The summed E-state index contributed by atoms with van der Waals surface area (Å²) < 4.78 is 13.3. The van der Waals surface area contributed by atoms with Crippen LogP contribution in [0.4, 0.5) is 15.8 Å². The smallest absolute Gasteiger partial charge is 0.227 e. The molecular formula is C12H17FN2O. The zero-order chi connectivity index (χ0) is 12.1. The van der Waals surface area contributed by atoms with Crippen LogP contribution in [0.3, 0.4) is 0 Å². The van der Waals surface area contributed by atoms with Gasteiger partial charge in [0.05, 0.1) is 5.69 Å².